The molecule has 3 rings (SSSR count). The number of rotatable bonds is 2. The van der Waals surface area contributed by atoms with Crippen LogP contribution in [-0.2, 0) is 18.3 Å². The molecular weight excluding hydrogens is 308 g/mol. The molecule has 25 heavy (non-hydrogen) atoms. The van der Waals surface area contributed by atoms with Crippen molar-refractivity contribution in [3.8, 4) is 0 Å². The van der Waals surface area contributed by atoms with Gasteiger partial charge in [-0.15, -0.1) is 0 Å². The number of carbonyl (C=O) groups excluding carboxylic acids is 1. The first-order valence-corrected chi connectivity index (χ1v) is 9.18. The summed E-state index contributed by atoms with van der Waals surface area (Å²) in [5, 5.41) is 2.99. The Kier molecular flexibility index (Phi) is 4.85. The standard InChI is InChI=1S/C22H28N2O/c1-22(2,3)18-11-9-15(10-12-18)21(25)24-20-14-17-8-6-4-5-7-16(17)13-19(20)23/h9-14H,4-8,23H2,1-3H3,(H,24,25). The Morgan fingerprint density at radius 2 is 1.56 bits per heavy atom. The minimum atomic E-state index is -0.110. The molecule has 0 saturated carbocycles. The van der Waals surface area contributed by atoms with Crippen LogP contribution in [0.4, 0.5) is 11.4 Å². The predicted octanol–water partition coefficient (Wildman–Crippen LogP) is 5.09. The number of fused-ring (bicyclic) bond motifs is 1. The van der Waals surface area contributed by atoms with Gasteiger partial charge in [-0.2, -0.15) is 0 Å². The lowest BCUT2D eigenvalue weighted by molar-refractivity contribution is 0.102. The molecule has 0 spiro atoms. The first kappa shape index (κ1) is 17.5. The smallest absolute Gasteiger partial charge is 0.255 e. The summed E-state index contributed by atoms with van der Waals surface area (Å²) >= 11 is 0. The minimum Gasteiger partial charge on any atom is -0.397 e. The van der Waals surface area contributed by atoms with Gasteiger partial charge in [0.1, 0.15) is 0 Å². The van der Waals surface area contributed by atoms with Crippen molar-refractivity contribution in [3.63, 3.8) is 0 Å². The lowest BCUT2D eigenvalue weighted by Gasteiger charge is -2.19. The fourth-order valence-electron chi connectivity index (χ4n) is 3.41. The molecule has 0 fully saturated rings. The van der Waals surface area contributed by atoms with E-state index in [0.29, 0.717) is 11.3 Å². The highest BCUT2D eigenvalue weighted by Crippen LogP contribution is 2.29. The Balaban J connectivity index is 1.80. The molecule has 0 bridgehead atoms. The van der Waals surface area contributed by atoms with Crippen molar-refractivity contribution in [1.82, 2.24) is 0 Å². The lowest BCUT2D eigenvalue weighted by Crippen LogP contribution is -2.15. The molecule has 0 aliphatic heterocycles. The second kappa shape index (κ2) is 6.91. The Hall–Kier alpha value is -2.29. The van der Waals surface area contributed by atoms with Gasteiger partial charge in [-0.25, -0.2) is 0 Å². The molecule has 0 saturated heterocycles. The van der Waals surface area contributed by atoms with Crippen molar-refractivity contribution in [2.75, 3.05) is 11.1 Å². The van der Waals surface area contributed by atoms with Crippen molar-refractivity contribution in [1.29, 1.82) is 0 Å². The molecule has 132 valence electrons. The Morgan fingerprint density at radius 1 is 0.960 bits per heavy atom. The van der Waals surface area contributed by atoms with E-state index in [1.807, 2.05) is 30.3 Å². The van der Waals surface area contributed by atoms with Crippen LogP contribution < -0.4 is 11.1 Å². The fraction of sp³-hybridized carbons (Fsp3) is 0.409. The van der Waals surface area contributed by atoms with Crippen molar-refractivity contribution >= 4 is 17.3 Å². The molecule has 3 nitrogen and oxygen atoms in total. The second-order valence-corrected chi connectivity index (χ2v) is 8.05. The van der Waals surface area contributed by atoms with Crippen LogP contribution in [0.1, 0.15) is 67.1 Å². The van der Waals surface area contributed by atoms with Crippen molar-refractivity contribution in [2.45, 2.75) is 58.3 Å². The zero-order valence-electron chi connectivity index (χ0n) is 15.5. The summed E-state index contributed by atoms with van der Waals surface area (Å²) in [6, 6.07) is 11.9. The molecule has 0 aromatic heterocycles. The van der Waals surface area contributed by atoms with Gasteiger partial charge in [-0.1, -0.05) is 39.3 Å². The number of nitrogens with one attached hydrogen (secondary N) is 1. The number of amides is 1. The van der Waals surface area contributed by atoms with Crippen LogP contribution in [0.15, 0.2) is 36.4 Å². The maximum atomic E-state index is 12.6. The average Bonchev–Trinajstić information content (AvgIpc) is 2.79. The van der Waals surface area contributed by atoms with Gasteiger partial charge in [0.15, 0.2) is 0 Å². The van der Waals surface area contributed by atoms with Crippen LogP contribution in [0.3, 0.4) is 0 Å². The fourth-order valence-corrected chi connectivity index (χ4v) is 3.41. The molecule has 1 aliphatic carbocycles. The third-order valence-corrected chi connectivity index (χ3v) is 5.03. The average molecular weight is 336 g/mol. The molecule has 1 aliphatic rings. The van der Waals surface area contributed by atoms with E-state index >= 15 is 0 Å². The minimum absolute atomic E-state index is 0.0798. The number of anilines is 2. The number of hydrogen-bond acceptors (Lipinski definition) is 2. The van der Waals surface area contributed by atoms with Gasteiger partial charge in [0, 0.05) is 5.56 Å². The zero-order chi connectivity index (χ0) is 18.0. The van der Waals surface area contributed by atoms with E-state index in [9.17, 15) is 4.79 Å². The van der Waals surface area contributed by atoms with Gasteiger partial charge in [0.05, 0.1) is 11.4 Å². The van der Waals surface area contributed by atoms with E-state index in [-0.39, 0.29) is 11.3 Å². The SMILES string of the molecule is CC(C)(C)c1ccc(C(=O)Nc2cc3c(cc2N)CCCCC3)cc1. The number of benzene rings is 2. The molecule has 3 N–H and O–H groups in total. The highest BCUT2D eigenvalue weighted by Gasteiger charge is 2.16. The summed E-state index contributed by atoms with van der Waals surface area (Å²) in [6.07, 6.45) is 5.84. The van der Waals surface area contributed by atoms with Crippen LogP contribution in [0.5, 0.6) is 0 Å². The van der Waals surface area contributed by atoms with Gasteiger partial charge in [0.2, 0.25) is 0 Å². The monoisotopic (exact) mass is 336 g/mol. The van der Waals surface area contributed by atoms with Crippen LogP contribution in [0.2, 0.25) is 0 Å². The Bertz CT molecular complexity index is 770. The Labute approximate surface area is 150 Å². The van der Waals surface area contributed by atoms with Gasteiger partial charge < -0.3 is 11.1 Å². The van der Waals surface area contributed by atoms with Crippen molar-refractivity contribution in [3.05, 3.63) is 58.7 Å². The summed E-state index contributed by atoms with van der Waals surface area (Å²) in [5.74, 6) is -0.110. The van der Waals surface area contributed by atoms with E-state index in [1.165, 1.54) is 36.0 Å². The van der Waals surface area contributed by atoms with E-state index in [0.717, 1.165) is 18.5 Å². The Morgan fingerprint density at radius 3 is 2.16 bits per heavy atom. The number of nitrogens with two attached hydrogens (primary N) is 1. The maximum Gasteiger partial charge on any atom is 0.255 e. The normalized spacial score (nSPS) is 14.5. The first-order valence-electron chi connectivity index (χ1n) is 9.18. The third-order valence-electron chi connectivity index (χ3n) is 5.03. The maximum absolute atomic E-state index is 12.6. The number of carbonyl (C=O) groups is 1. The quantitative estimate of drug-likeness (QED) is 0.593. The molecule has 0 heterocycles. The van der Waals surface area contributed by atoms with Crippen LogP contribution in [-0.4, -0.2) is 5.91 Å². The van der Waals surface area contributed by atoms with Gasteiger partial charge >= 0.3 is 0 Å². The largest absolute Gasteiger partial charge is 0.397 e. The first-order chi connectivity index (χ1) is 11.8. The molecule has 0 unspecified atom stereocenters. The van der Waals surface area contributed by atoms with E-state index < -0.39 is 0 Å². The van der Waals surface area contributed by atoms with Gasteiger partial charge in [0.25, 0.3) is 5.91 Å². The molecule has 2 aromatic carbocycles. The lowest BCUT2D eigenvalue weighted by atomic mass is 9.86. The summed E-state index contributed by atoms with van der Waals surface area (Å²) in [7, 11) is 0. The van der Waals surface area contributed by atoms with Gasteiger partial charge in [-0.3, -0.25) is 4.79 Å². The zero-order valence-corrected chi connectivity index (χ0v) is 15.5. The predicted molar refractivity (Wildman–Crippen MR) is 105 cm³/mol. The number of aryl methyl sites for hydroxylation is 2. The van der Waals surface area contributed by atoms with Crippen molar-refractivity contribution in [2.24, 2.45) is 0 Å². The molecule has 3 heteroatoms. The number of hydrogen-bond donors (Lipinski definition) is 2. The second-order valence-electron chi connectivity index (χ2n) is 8.05. The molecule has 1 amide bonds. The topological polar surface area (TPSA) is 55.1 Å². The highest BCUT2D eigenvalue weighted by atomic mass is 16.1. The van der Waals surface area contributed by atoms with E-state index in [4.69, 9.17) is 5.73 Å². The van der Waals surface area contributed by atoms with E-state index in [1.54, 1.807) is 0 Å². The van der Waals surface area contributed by atoms with E-state index in [2.05, 4.69) is 32.2 Å². The molecular formula is C22H28N2O. The van der Waals surface area contributed by atoms with Crippen molar-refractivity contribution < 1.29 is 4.79 Å². The molecule has 0 atom stereocenters. The number of nitrogen functional groups attached to an aromatic ring is 1. The summed E-state index contributed by atoms with van der Waals surface area (Å²) < 4.78 is 0. The van der Waals surface area contributed by atoms with Crippen LogP contribution in [0, 0.1) is 0 Å². The summed E-state index contributed by atoms with van der Waals surface area (Å²) in [5.41, 5.74) is 12.2. The van der Waals surface area contributed by atoms with Crippen LogP contribution in [0.25, 0.3) is 0 Å². The summed E-state index contributed by atoms with van der Waals surface area (Å²) in [4.78, 5) is 12.6. The van der Waals surface area contributed by atoms with Crippen LogP contribution >= 0.6 is 0 Å². The molecule has 2 aromatic rings. The third kappa shape index (κ3) is 4.04. The van der Waals surface area contributed by atoms with Gasteiger partial charge in [-0.05, 0) is 72.1 Å². The molecule has 0 radical (unpaired) electrons. The highest BCUT2D eigenvalue weighted by molar-refractivity contribution is 6.05. The summed E-state index contributed by atoms with van der Waals surface area (Å²) in [6.45, 7) is 6.50.